The van der Waals surface area contributed by atoms with Gasteiger partial charge in [-0.2, -0.15) is 0 Å². The summed E-state index contributed by atoms with van der Waals surface area (Å²) in [6, 6.07) is 7.51. The molecule has 0 radical (unpaired) electrons. The highest BCUT2D eigenvalue weighted by Gasteiger charge is 2.43. The number of aliphatic hydroxyl groups excluding tert-OH is 1. The Morgan fingerprint density at radius 1 is 1.12 bits per heavy atom. The van der Waals surface area contributed by atoms with E-state index in [0.717, 1.165) is 0 Å². The Bertz CT molecular complexity index is 1160. The number of anilines is 1. The van der Waals surface area contributed by atoms with Gasteiger partial charge in [0.05, 0.1) is 23.9 Å². The lowest BCUT2D eigenvalue weighted by atomic mass is 10.0. The minimum absolute atomic E-state index is 0.0357. The first kappa shape index (κ1) is 21.8. The van der Waals surface area contributed by atoms with Gasteiger partial charge in [0.25, 0.3) is 5.91 Å². The van der Waals surface area contributed by atoms with E-state index in [9.17, 15) is 23.9 Å². The molecule has 0 aliphatic carbocycles. The van der Waals surface area contributed by atoms with E-state index in [1.54, 1.807) is 24.3 Å². The van der Waals surface area contributed by atoms with E-state index >= 15 is 0 Å². The number of benzene rings is 2. The molecule has 3 atom stereocenters. The fraction of sp³-hybridized carbons (Fsp3) is 0.348. The predicted molar refractivity (Wildman–Crippen MR) is 119 cm³/mol. The Labute approximate surface area is 194 Å². The van der Waals surface area contributed by atoms with Gasteiger partial charge in [-0.25, -0.2) is 4.39 Å². The number of hydrogen-bond acceptors (Lipinski definition) is 5. The Balaban J connectivity index is 1.42. The number of fused-ring (bicyclic) bond motifs is 2. The van der Waals surface area contributed by atoms with Crippen molar-refractivity contribution in [2.24, 2.45) is 0 Å². The summed E-state index contributed by atoms with van der Waals surface area (Å²) in [5, 5.41) is 16.1. The van der Waals surface area contributed by atoms with E-state index in [0.29, 0.717) is 29.8 Å². The Hall–Kier alpha value is -3.01. The minimum atomic E-state index is -0.864. The summed E-state index contributed by atoms with van der Waals surface area (Å²) < 4.78 is 14.4. The molecule has 0 aromatic heterocycles. The molecule has 0 bridgehead atoms. The van der Waals surface area contributed by atoms with E-state index in [1.165, 1.54) is 21.9 Å². The van der Waals surface area contributed by atoms with Crippen molar-refractivity contribution < 1.29 is 23.9 Å². The molecule has 2 aromatic carbocycles. The van der Waals surface area contributed by atoms with Crippen molar-refractivity contribution in [3.05, 3.63) is 52.8 Å². The monoisotopic (exact) mass is 472 g/mol. The molecule has 1 unspecified atom stereocenters. The molecule has 2 aromatic rings. The van der Waals surface area contributed by atoms with Crippen LogP contribution in [0.15, 0.2) is 36.4 Å². The first-order valence-electron chi connectivity index (χ1n) is 10.7. The zero-order chi connectivity index (χ0) is 23.3. The van der Waals surface area contributed by atoms with Gasteiger partial charge in [0.1, 0.15) is 17.9 Å². The van der Waals surface area contributed by atoms with Crippen molar-refractivity contribution in [3.63, 3.8) is 0 Å². The highest BCUT2D eigenvalue weighted by Crippen LogP contribution is 2.32. The average Bonchev–Trinajstić information content (AvgIpc) is 3.20. The Morgan fingerprint density at radius 2 is 1.94 bits per heavy atom. The maximum atomic E-state index is 14.4. The smallest absolute Gasteiger partial charge is 0.256 e. The SMILES string of the molecule is O=C1Nc2ccc(-c3ccc(Cl)cc3F)cc2C(=O)N2CCN(C(=O)[C@H]3NCC[C@@H]3O)CC12. The number of aliphatic hydroxyl groups is 1. The number of piperazine rings is 1. The second-order valence-corrected chi connectivity index (χ2v) is 8.90. The second-order valence-electron chi connectivity index (χ2n) is 8.46. The number of halogens is 2. The number of amides is 3. The average molecular weight is 473 g/mol. The van der Waals surface area contributed by atoms with Gasteiger partial charge in [-0.1, -0.05) is 17.7 Å². The largest absolute Gasteiger partial charge is 0.391 e. The number of carbonyl (C=O) groups is 3. The summed E-state index contributed by atoms with van der Waals surface area (Å²) in [6.07, 6.45) is -0.277. The lowest BCUT2D eigenvalue weighted by molar-refractivity contribution is -0.139. The molecule has 2 saturated heterocycles. The number of nitrogens with one attached hydrogen (secondary N) is 2. The number of carbonyl (C=O) groups excluding carboxylic acids is 3. The van der Waals surface area contributed by atoms with E-state index in [4.69, 9.17) is 11.6 Å². The number of nitrogens with zero attached hydrogens (tertiary/aromatic N) is 2. The maximum absolute atomic E-state index is 14.4. The molecule has 3 aliphatic rings. The summed E-state index contributed by atoms with van der Waals surface area (Å²) in [7, 11) is 0. The van der Waals surface area contributed by atoms with Crippen LogP contribution >= 0.6 is 11.6 Å². The van der Waals surface area contributed by atoms with Crippen molar-refractivity contribution in [3.8, 4) is 11.1 Å². The van der Waals surface area contributed by atoms with Gasteiger partial charge < -0.3 is 25.5 Å². The van der Waals surface area contributed by atoms with Crippen molar-refractivity contribution in [1.29, 1.82) is 0 Å². The van der Waals surface area contributed by atoms with Crippen molar-refractivity contribution in [2.75, 3.05) is 31.5 Å². The van der Waals surface area contributed by atoms with Crippen LogP contribution in [0.1, 0.15) is 16.8 Å². The van der Waals surface area contributed by atoms with Crippen LogP contribution < -0.4 is 10.6 Å². The van der Waals surface area contributed by atoms with Crippen LogP contribution in [0, 0.1) is 5.82 Å². The molecule has 3 N–H and O–H groups in total. The predicted octanol–water partition coefficient (Wildman–Crippen LogP) is 1.47. The molecule has 2 fully saturated rings. The minimum Gasteiger partial charge on any atom is -0.391 e. The van der Waals surface area contributed by atoms with Crippen molar-refractivity contribution in [1.82, 2.24) is 15.1 Å². The van der Waals surface area contributed by atoms with Crippen LogP contribution in [0.3, 0.4) is 0 Å². The van der Waals surface area contributed by atoms with Gasteiger partial charge >= 0.3 is 0 Å². The fourth-order valence-electron chi connectivity index (χ4n) is 4.68. The van der Waals surface area contributed by atoms with E-state index in [2.05, 4.69) is 10.6 Å². The van der Waals surface area contributed by atoms with Gasteiger partial charge in [-0.05, 0) is 48.9 Å². The molecule has 5 rings (SSSR count). The van der Waals surface area contributed by atoms with Crippen LogP contribution in [-0.2, 0) is 9.59 Å². The molecule has 3 aliphatic heterocycles. The van der Waals surface area contributed by atoms with Crippen molar-refractivity contribution >= 4 is 35.0 Å². The normalized spacial score (nSPS) is 24.8. The highest BCUT2D eigenvalue weighted by atomic mass is 35.5. The van der Waals surface area contributed by atoms with Crippen LogP contribution in [0.2, 0.25) is 5.02 Å². The molecule has 3 heterocycles. The Kier molecular flexibility index (Phi) is 5.55. The number of hydrogen-bond donors (Lipinski definition) is 3. The molecule has 3 amide bonds. The summed E-state index contributed by atoms with van der Waals surface area (Å²) in [6.45, 7) is 1.00. The van der Waals surface area contributed by atoms with Gasteiger partial charge in [0, 0.05) is 23.7 Å². The topological polar surface area (TPSA) is 102 Å². The standard InChI is InChI=1S/C23H22ClFN4O4/c24-13-2-3-14(16(25)10-13)12-1-4-17-15(9-12)22(32)29-8-7-28(11-18(29)21(31)27-17)23(33)20-19(30)5-6-26-20/h1-4,9-10,18-20,26,30H,5-8,11H2,(H,27,31)/t18?,19-,20-/m0/s1. The molecule has 0 saturated carbocycles. The zero-order valence-corrected chi connectivity index (χ0v) is 18.3. The van der Waals surface area contributed by atoms with Crippen molar-refractivity contribution in [2.45, 2.75) is 24.6 Å². The third-order valence-corrected chi connectivity index (χ3v) is 6.70. The molecule has 0 spiro atoms. The van der Waals surface area contributed by atoms with Gasteiger partial charge in [-0.15, -0.1) is 0 Å². The fourth-order valence-corrected chi connectivity index (χ4v) is 4.84. The van der Waals surface area contributed by atoms with Crippen LogP contribution in [0.5, 0.6) is 0 Å². The van der Waals surface area contributed by atoms with Crippen LogP contribution in [-0.4, -0.2) is 77.0 Å². The third kappa shape index (κ3) is 3.86. The molecular formula is C23H22ClFN4O4. The number of rotatable bonds is 2. The van der Waals surface area contributed by atoms with Crippen LogP contribution in [0.4, 0.5) is 10.1 Å². The summed E-state index contributed by atoms with van der Waals surface area (Å²) in [5.74, 6) is -1.55. The lowest BCUT2D eigenvalue weighted by Crippen LogP contribution is -2.62. The third-order valence-electron chi connectivity index (χ3n) is 6.46. The lowest BCUT2D eigenvalue weighted by Gasteiger charge is -2.40. The quantitative estimate of drug-likeness (QED) is 0.614. The Morgan fingerprint density at radius 3 is 2.67 bits per heavy atom. The van der Waals surface area contributed by atoms with E-state index < -0.39 is 29.9 Å². The summed E-state index contributed by atoms with van der Waals surface area (Å²) in [4.78, 5) is 42.2. The van der Waals surface area contributed by atoms with E-state index in [-0.39, 0.29) is 42.0 Å². The summed E-state index contributed by atoms with van der Waals surface area (Å²) in [5.41, 5.74) is 1.37. The molecule has 33 heavy (non-hydrogen) atoms. The first-order chi connectivity index (χ1) is 15.8. The molecule has 10 heteroatoms. The molecule has 8 nitrogen and oxygen atoms in total. The molecular weight excluding hydrogens is 451 g/mol. The molecule has 172 valence electrons. The summed E-state index contributed by atoms with van der Waals surface area (Å²) >= 11 is 5.85. The van der Waals surface area contributed by atoms with E-state index in [1.807, 2.05) is 0 Å². The maximum Gasteiger partial charge on any atom is 0.256 e. The van der Waals surface area contributed by atoms with Crippen LogP contribution in [0.25, 0.3) is 11.1 Å². The first-order valence-corrected chi connectivity index (χ1v) is 11.1. The van der Waals surface area contributed by atoms with Gasteiger partial charge in [-0.3, -0.25) is 14.4 Å². The van der Waals surface area contributed by atoms with Gasteiger partial charge in [0.2, 0.25) is 11.8 Å². The zero-order valence-electron chi connectivity index (χ0n) is 17.6. The highest BCUT2D eigenvalue weighted by molar-refractivity contribution is 6.30. The van der Waals surface area contributed by atoms with Gasteiger partial charge in [0.15, 0.2) is 0 Å². The second kappa shape index (κ2) is 8.40.